The first kappa shape index (κ1) is 19.8. The summed E-state index contributed by atoms with van der Waals surface area (Å²) in [6.07, 6.45) is -0.736. The lowest BCUT2D eigenvalue weighted by molar-refractivity contribution is -0.146. The summed E-state index contributed by atoms with van der Waals surface area (Å²) in [6.45, 7) is 0.374. The molecule has 1 fully saturated rings. The second-order valence-electron chi connectivity index (χ2n) is 6.27. The predicted molar refractivity (Wildman–Crippen MR) is 91.6 cm³/mol. The molecule has 28 heavy (non-hydrogen) atoms. The number of alkyl halides is 3. The van der Waals surface area contributed by atoms with Crippen molar-refractivity contribution in [1.29, 1.82) is 0 Å². The summed E-state index contributed by atoms with van der Waals surface area (Å²) in [5.74, 6) is -0.982. The van der Waals surface area contributed by atoms with Crippen LogP contribution in [0.25, 0.3) is 5.69 Å². The average molecular weight is 397 g/mol. The molecule has 0 aliphatic carbocycles. The molecule has 1 aromatic heterocycles. The van der Waals surface area contributed by atoms with E-state index in [1.807, 2.05) is 0 Å². The zero-order valence-corrected chi connectivity index (χ0v) is 14.9. The van der Waals surface area contributed by atoms with Crippen molar-refractivity contribution in [3.05, 3.63) is 36.4 Å². The molecule has 3 rings (SSSR count). The highest BCUT2D eigenvalue weighted by atomic mass is 19.4. The molecule has 1 unspecified atom stereocenters. The maximum absolute atomic E-state index is 13.1. The van der Waals surface area contributed by atoms with Crippen LogP contribution < -0.4 is 5.32 Å². The Labute approximate surface area is 158 Å². The Bertz CT molecular complexity index is 854. The highest BCUT2D eigenvalue weighted by molar-refractivity contribution is 5.94. The normalized spacial score (nSPS) is 17.5. The number of amides is 1. The molecule has 1 aromatic carbocycles. The molecule has 0 saturated carbocycles. The van der Waals surface area contributed by atoms with Crippen LogP contribution in [-0.4, -0.2) is 57.8 Å². The van der Waals surface area contributed by atoms with Gasteiger partial charge in [-0.2, -0.15) is 18.3 Å². The molecule has 0 radical (unpaired) electrons. The van der Waals surface area contributed by atoms with Crippen molar-refractivity contribution < 1.29 is 27.5 Å². The lowest BCUT2D eigenvalue weighted by Crippen LogP contribution is -2.41. The van der Waals surface area contributed by atoms with Crippen LogP contribution in [0, 0.1) is 0 Å². The number of esters is 1. The summed E-state index contributed by atoms with van der Waals surface area (Å²) < 4.78 is 45.2. The van der Waals surface area contributed by atoms with E-state index < -0.39 is 29.7 Å². The third-order valence-electron chi connectivity index (χ3n) is 4.45. The minimum atomic E-state index is -4.56. The summed E-state index contributed by atoms with van der Waals surface area (Å²) in [5.41, 5.74) is -0.718. The summed E-state index contributed by atoms with van der Waals surface area (Å²) in [4.78, 5) is 29.7. The smallest absolute Gasteiger partial charge is 0.416 e. The Morgan fingerprint density at radius 2 is 2.14 bits per heavy atom. The molecule has 8 nitrogen and oxygen atoms in total. The van der Waals surface area contributed by atoms with Gasteiger partial charge in [0.25, 0.3) is 0 Å². The highest BCUT2D eigenvalue weighted by Gasteiger charge is 2.34. The maximum atomic E-state index is 13.1. The average Bonchev–Trinajstić information content (AvgIpc) is 3.32. The molecule has 11 heteroatoms. The third kappa shape index (κ3) is 4.30. The van der Waals surface area contributed by atoms with Gasteiger partial charge in [-0.25, -0.2) is 9.67 Å². The van der Waals surface area contributed by atoms with Gasteiger partial charge >= 0.3 is 12.1 Å². The fraction of sp³-hybridized carbons (Fsp3) is 0.412. The van der Waals surface area contributed by atoms with Crippen molar-refractivity contribution in [2.45, 2.75) is 25.1 Å². The molecular weight excluding hydrogens is 379 g/mol. The number of nitrogens with zero attached hydrogens (tertiary/aromatic N) is 4. The van der Waals surface area contributed by atoms with Crippen molar-refractivity contribution >= 4 is 17.6 Å². The SMILES string of the molecule is COC(=O)C1CCCN1CC(=O)Nc1cc(C(F)(F)F)ccc1-n1cncn1. The van der Waals surface area contributed by atoms with Gasteiger partial charge in [0.05, 0.1) is 30.6 Å². The lowest BCUT2D eigenvalue weighted by Gasteiger charge is -2.22. The van der Waals surface area contributed by atoms with E-state index in [0.717, 1.165) is 18.6 Å². The summed E-state index contributed by atoms with van der Waals surface area (Å²) in [6, 6.07) is 2.42. The van der Waals surface area contributed by atoms with Gasteiger partial charge in [0.1, 0.15) is 18.7 Å². The van der Waals surface area contributed by atoms with Crippen LogP contribution in [0.3, 0.4) is 0 Å². The van der Waals surface area contributed by atoms with Crippen LogP contribution in [0.4, 0.5) is 18.9 Å². The minimum Gasteiger partial charge on any atom is -0.468 e. The van der Waals surface area contributed by atoms with E-state index in [4.69, 9.17) is 4.74 Å². The molecule has 2 heterocycles. The van der Waals surface area contributed by atoms with Gasteiger partial charge in [-0.3, -0.25) is 14.5 Å². The second kappa shape index (κ2) is 7.97. The van der Waals surface area contributed by atoms with Gasteiger partial charge in [-0.15, -0.1) is 0 Å². The number of ether oxygens (including phenoxy) is 1. The first-order valence-corrected chi connectivity index (χ1v) is 8.47. The minimum absolute atomic E-state index is 0.0564. The quantitative estimate of drug-likeness (QED) is 0.775. The molecule has 1 amide bonds. The van der Waals surface area contributed by atoms with Crippen LogP contribution in [0.2, 0.25) is 0 Å². The summed E-state index contributed by atoms with van der Waals surface area (Å²) in [5, 5.41) is 6.39. The molecule has 1 atom stereocenters. The van der Waals surface area contributed by atoms with E-state index in [-0.39, 0.29) is 17.9 Å². The molecule has 1 aliphatic heterocycles. The number of methoxy groups -OCH3 is 1. The number of hydrogen-bond donors (Lipinski definition) is 1. The Morgan fingerprint density at radius 1 is 1.36 bits per heavy atom. The standard InChI is InChI=1S/C17H18F3N5O3/c1-28-16(27)14-3-2-6-24(14)8-15(26)23-12-7-11(17(18,19)20)4-5-13(12)25-10-21-9-22-25/h4-5,7,9-10,14H,2-3,6,8H2,1H3,(H,23,26). The summed E-state index contributed by atoms with van der Waals surface area (Å²) >= 11 is 0. The van der Waals surface area contributed by atoms with Gasteiger partial charge in [0.15, 0.2) is 0 Å². The van der Waals surface area contributed by atoms with Gasteiger partial charge < -0.3 is 10.1 Å². The Kier molecular flexibility index (Phi) is 5.63. The zero-order chi connectivity index (χ0) is 20.3. The molecule has 0 bridgehead atoms. The molecule has 1 N–H and O–H groups in total. The van der Waals surface area contributed by atoms with Crippen LogP contribution in [0.5, 0.6) is 0 Å². The van der Waals surface area contributed by atoms with Crippen molar-refractivity contribution in [3.63, 3.8) is 0 Å². The number of benzene rings is 1. The molecule has 1 saturated heterocycles. The Hall–Kier alpha value is -2.95. The summed E-state index contributed by atoms with van der Waals surface area (Å²) in [7, 11) is 1.27. The van der Waals surface area contributed by atoms with Gasteiger partial charge in [0.2, 0.25) is 5.91 Å². The highest BCUT2D eigenvalue weighted by Crippen LogP contribution is 2.33. The number of nitrogens with one attached hydrogen (secondary N) is 1. The van der Waals surface area contributed by atoms with Gasteiger partial charge in [0, 0.05) is 0 Å². The molecular formula is C17H18F3N5O3. The van der Waals surface area contributed by atoms with Crippen molar-refractivity contribution in [1.82, 2.24) is 19.7 Å². The van der Waals surface area contributed by atoms with Crippen LogP contribution in [0.1, 0.15) is 18.4 Å². The van der Waals surface area contributed by atoms with Gasteiger partial charge in [-0.05, 0) is 37.6 Å². The van der Waals surface area contributed by atoms with E-state index in [0.29, 0.717) is 13.0 Å². The lowest BCUT2D eigenvalue weighted by atomic mass is 10.1. The molecule has 2 aromatic rings. The van der Waals surface area contributed by atoms with E-state index in [1.54, 1.807) is 4.90 Å². The van der Waals surface area contributed by atoms with Crippen molar-refractivity contribution in [3.8, 4) is 5.69 Å². The van der Waals surface area contributed by atoms with Crippen LogP contribution in [0.15, 0.2) is 30.9 Å². The molecule has 150 valence electrons. The fourth-order valence-corrected chi connectivity index (χ4v) is 3.14. The number of carbonyl (C=O) groups excluding carboxylic acids is 2. The van der Waals surface area contributed by atoms with Crippen molar-refractivity contribution in [2.75, 3.05) is 25.5 Å². The predicted octanol–water partition coefficient (Wildman–Crippen LogP) is 1.86. The number of rotatable bonds is 5. The molecule has 0 spiro atoms. The number of carbonyl (C=O) groups is 2. The number of aromatic nitrogens is 3. The Morgan fingerprint density at radius 3 is 2.79 bits per heavy atom. The number of hydrogen-bond acceptors (Lipinski definition) is 6. The fourth-order valence-electron chi connectivity index (χ4n) is 3.14. The number of likely N-dealkylation sites (tertiary alicyclic amines) is 1. The van der Waals surface area contributed by atoms with Crippen LogP contribution >= 0.6 is 0 Å². The van der Waals surface area contributed by atoms with E-state index in [9.17, 15) is 22.8 Å². The number of halogens is 3. The number of anilines is 1. The Balaban J connectivity index is 1.82. The largest absolute Gasteiger partial charge is 0.468 e. The topological polar surface area (TPSA) is 89.4 Å². The first-order chi connectivity index (χ1) is 13.3. The van der Waals surface area contributed by atoms with E-state index >= 15 is 0 Å². The third-order valence-corrected chi connectivity index (χ3v) is 4.45. The van der Waals surface area contributed by atoms with Gasteiger partial charge in [-0.1, -0.05) is 0 Å². The van der Waals surface area contributed by atoms with E-state index in [2.05, 4.69) is 15.4 Å². The van der Waals surface area contributed by atoms with Crippen LogP contribution in [-0.2, 0) is 20.5 Å². The monoisotopic (exact) mass is 397 g/mol. The first-order valence-electron chi connectivity index (χ1n) is 8.47. The second-order valence-corrected chi connectivity index (χ2v) is 6.27. The van der Waals surface area contributed by atoms with E-state index in [1.165, 1.54) is 30.5 Å². The van der Waals surface area contributed by atoms with Crippen molar-refractivity contribution in [2.24, 2.45) is 0 Å². The molecule has 1 aliphatic rings. The maximum Gasteiger partial charge on any atom is 0.416 e. The zero-order valence-electron chi connectivity index (χ0n) is 14.9.